The van der Waals surface area contributed by atoms with Crippen LogP contribution in [0.2, 0.25) is 0 Å². The molecule has 0 saturated carbocycles. The van der Waals surface area contributed by atoms with Gasteiger partial charge < -0.3 is 0 Å². The van der Waals surface area contributed by atoms with Gasteiger partial charge in [0.1, 0.15) is 0 Å². The van der Waals surface area contributed by atoms with Crippen molar-refractivity contribution in [2.24, 2.45) is 0 Å². The zero-order valence-electron chi connectivity index (χ0n) is 8.23. The molecule has 1 aromatic rings. The summed E-state index contributed by atoms with van der Waals surface area (Å²) in [6.07, 6.45) is 0.793. The number of nitrogens with zero attached hydrogens (tertiary/aromatic N) is 1. The van der Waals surface area contributed by atoms with Crippen LogP contribution in [0.15, 0.2) is 31.0 Å². The minimum Gasteiger partial charge on any atom is -0.264 e. The van der Waals surface area contributed by atoms with Crippen molar-refractivity contribution in [1.29, 1.82) is 0 Å². The quantitative estimate of drug-likeness (QED) is 0.535. The Kier molecular flexibility index (Phi) is 0.570. The minimum absolute atomic E-state index is 0.157. The maximum Gasteiger partial charge on any atom is 0.0846 e. The van der Waals surface area contributed by atoms with Gasteiger partial charge in [-0.2, -0.15) is 0 Å². The van der Waals surface area contributed by atoms with Crippen LogP contribution >= 0.6 is 0 Å². The highest BCUT2D eigenvalue weighted by Gasteiger charge is 1.77. The molecule has 0 unspecified atom stereocenters. The van der Waals surface area contributed by atoms with E-state index >= 15 is 0 Å². The van der Waals surface area contributed by atoms with E-state index < -0.39 is 0 Å². The maximum atomic E-state index is 7.34. The third-order valence-electron chi connectivity index (χ3n) is 0.689. The molecular formula is C7H7N. The molecule has 0 N–H and O–H groups in total. The fraction of sp³-hybridized carbons (Fsp3) is 0. The fourth-order valence-corrected chi connectivity index (χ4v) is 0.336. The van der Waals surface area contributed by atoms with Crippen LogP contribution in [0.4, 0.5) is 0 Å². The average Bonchev–Trinajstić information content (AvgIpc) is 2.01. The molecule has 1 heterocycles. The normalized spacial score (nSPS) is 15.5. The van der Waals surface area contributed by atoms with Gasteiger partial charge >= 0.3 is 0 Å². The van der Waals surface area contributed by atoms with E-state index in [1.165, 1.54) is 6.08 Å². The first-order valence-corrected chi connectivity index (χ1v) is 2.14. The molecule has 1 aromatic heterocycles. The van der Waals surface area contributed by atoms with Crippen molar-refractivity contribution in [3.8, 4) is 0 Å². The van der Waals surface area contributed by atoms with Gasteiger partial charge in [-0.1, -0.05) is 18.7 Å². The largest absolute Gasteiger partial charge is 0.264 e. The van der Waals surface area contributed by atoms with Gasteiger partial charge in [0, 0.05) is 12.3 Å². The van der Waals surface area contributed by atoms with Gasteiger partial charge in [0.05, 0.1) is 5.48 Å². The molecule has 40 valence electrons. The lowest BCUT2D eigenvalue weighted by molar-refractivity contribution is 1.32. The SMILES string of the molecule is [2H]c1nc([2H])c(C=C)c([2H])c1[2H]. The summed E-state index contributed by atoms with van der Waals surface area (Å²) >= 11 is 0. The van der Waals surface area contributed by atoms with Gasteiger partial charge in [-0.3, -0.25) is 4.98 Å². The Bertz CT molecular complexity index is 335. The summed E-state index contributed by atoms with van der Waals surface area (Å²) in [5.74, 6) is 0. The molecule has 0 amide bonds. The van der Waals surface area contributed by atoms with E-state index in [2.05, 4.69) is 11.6 Å². The molecule has 0 atom stereocenters. The summed E-state index contributed by atoms with van der Waals surface area (Å²) in [4.78, 5) is 3.46. The first-order chi connectivity index (χ1) is 5.57. The second-order valence-corrected chi connectivity index (χ2v) is 1.20. The minimum atomic E-state index is -0.337. The first kappa shape index (κ1) is 2.02. The van der Waals surface area contributed by atoms with Crippen LogP contribution < -0.4 is 0 Å². The molecule has 0 aromatic carbocycles. The number of hydrogen-bond acceptors (Lipinski definition) is 1. The van der Waals surface area contributed by atoms with Crippen LogP contribution in [-0.4, -0.2) is 4.98 Å². The van der Waals surface area contributed by atoms with Crippen LogP contribution in [-0.2, 0) is 0 Å². The summed E-state index contributed by atoms with van der Waals surface area (Å²) < 4.78 is 28.9. The third kappa shape index (κ3) is 0.936. The number of pyridine rings is 1. The number of hydrogen-bond donors (Lipinski definition) is 0. The van der Waals surface area contributed by atoms with E-state index in [-0.39, 0.29) is 30.0 Å². The lowest BCUT2D eigenvalue weighted by atomic mass is 10.3. The summed E-state index contributed by atoms with van der Waals surface area (Å²) in [6, 6.07) is -0.420. The van der Waals surface area contributed by atoms with Gasteiger partial charge in [0.2, 0.25) is 0 Å². The lowest BCUT2D eigenvalue weighted by Gasteiger charge is -1.84. The van der Waals surface area contributed by atoms with Crippen LogP contribution in [0.25, 0.3) is 6.08 Å². The van der Waals surface area contributed by atoms with Crippen LogP contribution in [0.1, 0.15) is 11.0 Å². The molecule has 0 aliphatic carbocycles. The third-order valence-corrected chi connectivity index (χ3v) is 0.689. The summed E-state index contributed by atoms with van der Waals surface area (Å²) in [5, 5.41) is 0. The van der Waals surface area contributed by atoms with Gasteiger partial charge in [0.15, 0.2) is 0 Å². The summed E-state index contributed by atoms with van der Waals surface area (Å²) in [7, 11) is 0. The van der Waals surface area contributed by atoms with Crippen molar-refractivity contribution < 1.29 is 5.48 Å². The zero-order valence-corrected chi connectivity index (χ0v) is 4.23. The van der Waals surface area contributed by atoms with E-state index in [9.17, 15) is 0 Å². The topological polar surface area (TPSA) is 12.9 Å². The highest BCUT2D eigenvalue weighted by atomic mass is 14.6. The van der Waals surface area contributed by atoms with Gasteiger partial charge in [-0.05, 0) is 11.6 Å². The van der Waals surface area contributed by atoms with Crippen LogP contribution in [0, 0.1) is 0 Å². The lowest BCUT2D eigenvalue weighted by Crippen LogP contribution is -1.70. The molecule has 1 nitrogen and oxygen atoms in total. The number of aromatic nitrogens is 1. The van der Waals surface area contributed by atoms with Crippen LogP contribution in [0.5, 0.6) is 0 Å². The second kappa shape index (κ2) is 2.26. The molecule has 0 fully saturated rings. The van der Waals surface area contributed by atoms with E-state index in [1.54, 1.807) is 0 Å². The predicted octanol–water partition coefficient (Wildman–Crippen LogP) is 1.72. The highest BCUT2D eigenvalue weighted by molar-refractivity contribution is 5.44. The molecule has 1 heteroatoms. The number of rotatable bonds is 1. The Morgan fingerprint density at radius 3 is 3.50 bits per heavy atom. The predicted molar refractivity (Wildman–Crippen MR) is 34.3 cm³/mol. The van der Waals surface area contributed by atoms with Gasteiger partial charge in [0.25, 0.3) is 0 Å². The Labute approximate surface area is 54.3 Å². The summed E-state index contributed by atoms with van der Waals surface area (Å²) in [5.41, 5.74) is 0.205. The molecule has 0 aliphatic rings. The van der Waals surface area contributed by atoms with Gasteiger partial charge in [-0.25, -0.2) is 0 Å². The monoisotopic (exact) mass is 109 g/mol. The van der Waals surface area contributed by atoms with Crippen LogP contribution in [0.3, 0.4) is 0 Å². The molecule has 0 saturated heterocycles. The van der Waals surface area contributed by atoms with Crippen molar-refractivity contribution in [2.75, 3.05) is 0 Å². The Hall–Kier alpha value is -1.11. The van der Waals surface area contributed by atoms with Gasteiger partial charge in [-0.15, -0.1) is 0 Å². The molecule has 1 rings (SSSR count). The smallest absolute Gasteiger partial charge is 0.0846 e. The van der Waals surface area contributed by atoms with E-state index in [1.807, 2.05) is 0 Å². The van der Waals surface area contributed by atoms with E-state index in [0.717, 1.165) is 0 Å². The Morgan fingerprint density at radius 2 is 2.75 bits per heavy atom. The zero-order chi connectivity index (χ0) is 9.30. The Balaban J connectivity index is 3.51. The average molecular weight is 109 g/mol. The fourth-order valence-electron chi connectivity index (χ4n) is 0.336. The highest BCUT2D eigenvalue weighted by Crippen LogP contribution is 1.94. The second-order valence-electron chi connectivity index (χ2n) is 1.20. The standard InChI is InChI=1S/C7H7N/c1-2-7-4-3-5-8-6-7/h2-6H,1H2/i3D,4D,5D,6D. The van der Waals surface area contributed by atoms with E-state index in [0.29, 0.717) is 0 Å². The first-order valence-electron chi connectivity index (χ1n) is 4.14. The van der Waals surface area contributed by atoms with Crippen molar-refractivity contribution in [3.63, 3.8) is 0 Å². The van der Waals surface area contributed by atoms with Crippen molar-refractivity contribution in [1.82, 2.24) is 4.98 Å². The molecule has 8 heavy (non-hydrogen) atoms. The van der Waals surface area contributed by atoms with E-state index in [4.69, 9.17) is 5.48 Å². The molecule has 0 spiro atoms. The molecule has 0 radical (unpaired) electrons. The summed E-state index contributed by atoms with van der Waals surface area (Å²) in [6.45, 7) is 3.40. The van der Waals surface area contributed by atoms with Crippen molar-refractivity contribution in [2.45, 2.75) is 0 Å². The molecule has 0 aliphatic heterocycles. The Morgan fingerprint density at radius 1 is 1.88 bits per heavy atom. The molecular weight excluding hydrogens is 98.1 g/mol. The maximum absolute atomic E-state index is 7.34. The molecule has 0 bridgehead atoms. The van der Waals surface area contributed by atoms with Crippen molar-refractivity contribution >= 4 is 6.08 Å². The van der Waals surface area contributed by atoms with Crippen molar-refractivity contribution in [3.05, 3.63) is 36.6 Å².